The van der Waals surface area contributed by atoms with Crippen molar-refractivity contribution in [1.29, 1.82) is 0 Å². The Hall–Kier alpha value is -0.340. The summed E-state index contributed by atoms with van der Waals surface area (Å²) in [7, 11) is 0. The Bertz CT molecular complexity index is 298. The van der Waals surface area contributed by atoms with Crippen LogP contribution < -0.4 is 5.32 Å². The van der Waals surface area contributed by atoms with Crippen molar-refractivity contribution in [2.24, 2.45) is 0 Å². The van der Waals surface area contributed by atoms with Crippen LogP contribution in [0.4, 0.5) is 0 Å². The number of hydrogen-bond donors (Lipinski definition) is 1. The maximum absolute atomic E-state index is 3.50. The highest BCUT2D eigenvalue weighted by molar-refractivity contribution is 9.10. The molecule has 13 heavy (non-hydrogen) atoms. The van der Waals surface area contributed by atoms with Crippen LogP contribution >= 0.6 is 15.9 Å². The second-order valence-electron chi connectivity index (χ2n) is 3.80. The van der Waals surface area contributed by atoms with Gasteiger partial charge in [0.2, 0.25) is 0 Å². The molecule has 0 saturated carbocycles. The zero-order valence-corrected chi connectivity index (χ0v) is 9.34. The lowest BCUT2D eigenvalue weighted by Gasteiger charge is -2.08. The van der Waals surface area contributed by atoms with Crippen LogP contribution in [0, 0.1) is 0 Å². The molecule has 1 aromatic rings. The van der Waals surface area contributed by atoms with Gasteiger partial charge >= 0.3 is 0 Å². The van der Waals surface area contributed by atoms with Crippen molar-refractivity contribution in [3.63, 3.8) is 0 Å². The lowest BCUT2D eigenvalue weighted by molar-refractivity contribution is 0.658. The van der Waals surface area contributed by atoms with Crippen molar-refractivity contribution in [3.05, 3.63) is 34.3 Å². The van der Waals surface area contributed by atoms with E-state index in [0.717, 1.165) is 6.54 Å². The summed E-state index contributed by atoms with van der Waals surface area (Å²) < 4.78 is 1.18. The van der Waals surface area contributed by atoms with Gasteiger partial charge in [0, 0.05) is 17.1 Å². The Labute approximate surface area is 87.7 Å². The Balaban J connectivity index is 2.16. The molecule has 1 nitrogen and oxygen atoms in total. The highest BCUT2D eigenvalue weighted by atomic mass is 79.9. The van der Waals surface area contributed by atoms with Gasteiger partial charge < -0.3 is 5.32 Å². The molecule has 0 bridgehead atoms. The molecule has 2 unspecified atom stereocenters. The van der Waals surface area contributed by atoms with Gasteiger partial charge in [-0.15, -0.1) is 0 Å². The molecule has 0 aromatic heterocycles. The van der Waals surface area contributed by atoms with Crippen LogP contribution in [0.1, 0.15) is 24.8 Å². The second kappa shape index (κ2) is 3.81. The van der Waals surface area contributed by atoms with E-state index in [4.69, 9.17) is 0 Å². The van der Waals surface area contributed by atoms with Gasteiger partial charge in [-0.1, -0.05) is 28.1 Å². The summed E-state index contributed by atoms with van der Waals surface area (Å²) in [6.45, 7) is 3.37. The van der Waals surface area contributed by atoms with Gasteiger partial charge in [-0.05, 0) is 37.0 Å². The maximum atomic E-state index is 3.50. The molecule has 1 heterocycles. The summed E-state index contributed by atoms with van der Waals surface area (Å²) in [6, 6.07) is 9.31. The summed E-state index contributed by atoms with van der Waals surface area (Å²) in [5.41, 5.74) is 1.45. The average molecular weight is 240 g/mol. The van der Waals surface area contributed by atoms with E-state index >= 15 is 0 Å². The normalized spacial score (nSPS) is 27.8. The van der Waals surface area contributed by atoms with Gasteiger partial charge in [0.25, 0.3) is 0 Å². The van der Waals surface area contributed by atoms with Crippen LogP contribution in [-0.4, -0.2) is 12.6 Å². The minimum atomic E-state index is 0.670. The van der Waals surface area contributed by atoms with Gasteiger partial charge in [0.15, 0.2) is 0 Å². The van der Waals surface area contributed by atoms with E-state index < -0.39 is 0 Å². The Morgan fingerprint density at radius 2 is 2.31 bits per heavy atom. The van der Waals surface area contributed by atoms with Gasteiger partial charge in [-0.3, -0.25) is 0 Å². The number of halogens is 1. The lowest BCUT2D eigenvalue weighted by atomic mass is 9.97. The molecule has 1 aliphatic heterocycles. The highest BCUT2D eigenvalue weighted by Gasteiger charge is 2.21. The molecule has 0 radical (unpaired) electrons. The number of nitrogens with one attached hydrogen (secondary N) is 1. The standard InChI is InChI=1S/C11H14BrN/c1-8-5-10(7-13-8)9-3-2-4-11(12)6-9/h2-4,6,8,10,13H,5,7H2,1H3. The third-order valence-electron chi connectivity index (χ3n) is 2.67. The van der Waals surface area contributed by atoms with E-state index in [2.05, 4.69) is 52.4 Å². The predicted molar refractivity (Wildman–Crippen MR) is 59.0 cm³/mol. The quantitative estimate of drug-likeness (QED) is 0.795. The molecule has 2 atom stereocenters. The molecule has 70 valence electrons. The molecule has 1 aromatic carbocycles. The van der Waals surface area contributed by atoms with E-state index in [-0.39, 0.29) is 0 Å². The molecule has 1 fully saturated rings. The van der Waals surface area contributed by atoms with Crippen molar-refractivity contribution in [2.45, 2.75) is 25.3 Å². The van der Waals surface area contributed by atoms with E-state index in [0.29, 0.717) is 12.0 Å². The molecular weight excluding hydrogens is 226 g/mol. The fourth-order valence-electron chi connectivity index (χ4n) is 1.95. The Kier molecular flexibility index (Phi) is 2.70. The summed E-state index contributed by atoms with van der Waals surface area (Å²) >= 11 is 3.50. The first-order valence-corrected chi connectivity index (χ1v) is 5.54. The van der Waals surface area contributed by atoms with E-state index in [9.17, 15) is 0 Å². The largest absolute Gasteiger partial charge is 0.314 e. The minimum absolute atomic E-state index is 0.670. The summed E-state index contributed by atoms with van der Waals surface area (Å²) in [4.78, 5) is 0. The fourth-order valence-corrected chi connectivity index (χ4v) is 2.37. The Morgan fingerprint density at radius 1 is 1.46 bits per heavy atom. The summed E-state index contributed by atoms with van der Waals surface area (Å²) in [6.07, 6.45) is 1.26. The van der Waals surface area contributed by atoms with Crippen molar-refractivity contribution in [1.82, 2.24) is 5.32 Å². The van der Waals surface area contributed by atoms with E-state index in [1.165, 1.54) is 16.5 Å². The van der Waals surface area contributed by atoms with Crippen LogP contribution in [0.25, 0.3) is 0 Å². The molecule has 2 rings (SSSR count). The summed E-state index contributed by atoms with van der Waals surface area (Å²) in [5.74, 6) is 0.701. The smallest absolute Gasteiger partial charge is 0.0178 e. The fraction of sp³-hybridized carbons (Fsp3) is 0.455. The van der Waals surface area contributed by atoms with Crippen molar-refractivity contribution in [2.75, 3.05) is 6.54 Å². The van der Waals surface area contributed by atoms with Crippen molar-refractivity contribution >= 4 is 15.9 Å². The zero-order valence-electron chi connectivity index (χ0n) is 7.76. The number of hydrogen-bond acceptors (Lipinski definition) is 1. The SMILES string of the molecule is CC1CC(c2cccc(Br)c2)CN1. The zero-order chi connectivity index (χ0) is 9.26. The molecule has 0 aliphatic carbocycles. The van der Waals surface area contributed by atoms with Gasteiger partial charge in [-0.25, -0.2) is 0 Å². The second-order valence-corrected chi connectivity index (χ2v) is 4.71. The van der Waals surface area contributed by atoms with E-state index in [1.807, 2.05) is 0 Å². The molecule has 0 amide bonds. The molecule has 2 heteroatoms. The van der Waals surface area contributed by atoms with Gasteiger partial charge in [0.05, 0.1) is 0 Å². The monoisotopic (exact) mass is 239 g/mol. The maximum Gasteiger partial charge on any atom is 0.0178 e. The van der Waals surface area contributed by atoms with Gasteiger partial charge in [-0.2, -0.15) is 0 Å². The molecule has 0 spiro atoms. The van der Waals surface area contributed by atoms with Crippen LogP contribution in [0.3, 0.4) is 0 Å². The molecule has 1 saturated heterocycles. The lowest BCUT2D eigenvalue weighted by Crippen LogP contribution is -2.16. The van der Waals surface area contributed by atoms with Crippen LogP contribution in [0.5, 0.6) is 0 Å². The summed E-state index contributed by atoms with van der Waals surface area (Å²) in [5, 5.41) is 3.47. The molecular formula is C11H14BrN. The van der Waals surface area contributed by atoms with E-state index in [1.54, 1.807) is 0 Å². The minimum Gasteiger partial charge on any atom is -0.314 e. The van der Waals surface area contributed by atoms with Crippen LogP contribution in [-0.2, 0) is 0 Å². The van der Waals surface area contributed by atoms with Crippen molar-refractivity contribution < 1.29 is 0 Å². The third-order valence-corrected chi connectivity index (χ3v) is 3.16. The molecule has 1 aliphatic rings. The van der Waals surface area contributed by atoms with Crippen LogP contribution in [0.2, 0.25) is 0 Å². The predicted octanol–water partition coefficient (Wildman–Crippen LogP) is 2.91. The first-order valence-electron chi connectivity index (χ1n) is 4.74. The van der Waals surface area contributed by atoms with Gasteiger partial charge in [0.1, 0.15) is 0 Å². The highest BCUT2D eigenvalue weighted by Crippen LogP contribution is 2.27. The van der Waals surface area contributed by atoms with Crippen LogP contribution in [0.15, 0.2) is 28.7 Å². The topological polar surface area (TPSA) is 12.0 Å². The number of benzene rings is 1. The number of rotatable bonds is 1. The molecule has 1 N–H and O–H groups in total. The van der Waals surface area contributed by atoms with Crippen molar-refractivity contribution in [3.8, 4) is 0 Å². The first kappa shape index (κ1) is 9.22. The third kappa shape index (κ3) is 2.12. The Morgan fingerprint density at radius 3 is 2.92 bits per heavy atom. The average Bonchev–Trinajstić information content (AvgIpc) is 2.52. The first-order chi connectivity index (χ1) is 6.25.